The van der Waals surface area contributed by atoms with Gasteiger partial charge in [0.25, 0.3) is 11.8 Å². The lowest BCUT2D eigenvalue weighted by Crippen LogP contribution is -2.42. The molecule has 1 fully saturated rings. The van der Waals surface area contributed by atoms with Gasteiger partial charge in [0.1, 0.15) is 5.75 Å². The van der Waals surface area contributed by atoms with Crippen LogP contribution in [0.25, 0.3) is 0 Å². The van der Waals surface area contributed by atoms with Crippen LogP contribution in [-0.2, 0) is 14.3 Å². The van der Waals surface area contributed by atoms with Crippen molar-refractivity contribution >= 4 is 18.0 Å². The second-order valence-electron chi connectivity index (χ2n) is 5.01. The van der Waals surface area contributed by atoms with Crippen molar-refractivity contribution in [2.24, 2.45) is 10.8 Å². The average molecular weight is 320 g/mol. The Labute approximate surface area is 134 Å². The van der Waals surface area contributed by atoms with Crippen LogP contribution in [0.2, 0.25) is 0 Å². The Kier molecular flexibility index (Phi) is 6.52. The van der Waals surface area contributed by atoms with Crippen LogP contribution in [0, 0.1) is 0 Å². The summed E-state index contributed by atoms with van der Waals surface area (Å²) in [6.07, 6.45) is 1.54. The number of nitrogens with one attached hydrogen (secondary N) is 1. The number of carbonyl (C=O) groups excluding carboxylic acids is 2. The third kappa shape index (κ3) is 6.45. The van der Waals surface area contributed by atoms with Crippen LogP contribution >= 0.6 is 0 Å². The molecule has 1 heterocycles. The van der Waals surface area contributed by atoms with Gasteiger partial charge in [0.15, 0.2) is 6.61 Å². The average Bonchev–Trinajstić information content (AvgIpc) is 2.55. The zero-order valence-electron chi connectivity index (χ0n) is 12.7. The number of carbonyl (C=O) groups is 2. The topological polar surface area (TPSA) is 106 Å². The summed E-state index contributed by atoms with van der Waals surface area (Å²) in [4.78, 5) is 24.4. The minimum atomic E-state index is -0.529. The van der Waals surface area contributed by atoms with Gasteiger partial charge in [0, 0.05) is 13.1 Å². The predicted molar refractivity (Wildman–Crippen MR) is 84.1 cm³/mol. The Morgan fingerprint density at radius 2 is 2.00 bits per heavy atom. The number of primary amides is 1. The first-order chi connectivity index (χ1) is 11.1. The summed E-state index contributed by atoms with van der Waals surface area (Å²) in [6, 6.07) is 6.90. The Bertz CT molecular complexity index is 553. The molecule has 1 aliphatic heterocycles. The van der Waals surface area contributed by atoms with E-state index in [4.69, 9.17) is 15.2 Å². The highest BCUT2D eigenvalue weighted by atomic mass is 16.5. The standard InChI is InChI=1S/C15H20N4O4/c16-14(20)11-23-13-3-1-12(2-4-13)9-17-18-15(21)10-19-5-7-22-8-6-19/h1-4,9H,5-8,10-11H2,(H2,16,20)(H,18,21). The predicted octanol–water partition coefficient (Wildman–Crippen LogP) is -0.667. The SMILES string of the molecule is NC(=O)COc1ccc(C=NNC(=O)CN2CCOCC2)cc1. The van der Waals surface area contributed by atoms with Crippen LogP contribution < -0.4 is 15.9 Å². The second kappa shape index (κ2) is 8.86. The summed E-state index contributed by atoms with van der Waals surface area (Å²) in [6.45, 7) is 2.96. The Morgan fingerprint density at radius 1 is 1.30 bits per heavy atom. The highest BCUT2D eigenvalue weighted by molar-refractivity contribution is 5.83. The Balaban J connectivity index is 1.73. The quantitative estimate of drug-likeness (QED) is 0.512. The van der Waals surface area contributed by atoms with Gasteiger partial charge in [0.2, 0.25) is 0 Å². The maximum Gasteiger partial charge on any atom is 0.255 e. The van der Waals surface area contributed by atoms with Crippen molar-refractivity contribution < 1.29 is 19.1 Å². The summed E-state index contributed by atoms with van der Waals surface area (Å²) in [7, 11) is 0. The van der Waals surface area contributed by atoms with E-state index >= 15 is 0 Å². The molecule has 1 aromatic rings. The molecule has 1 saturated heterocycles. The van der Waals surface area contributed by atoms with E-state index in [9.17, 15) is 9.59 Å². The van der Waals surface area contributed by atoms with Gasteiger partial charge < -0.3 is 15.2 Å². The van der Waals surface area contributed by atoms with Crippen LogP contribution in [0.4, 0.5) is 0 Å². The number of amides is 2. The van der Waals surface area contributed by atoms with Crippen molar-refractivity contribution in [3.63, 3.8) is 0 Å². The number of nitrogens with zero attached hydrogens (tertiary/aromatic N) is 2. The fourth-order valence-electron chi connectivity index (χ4n) is 1.98. The van der Waals surface area contributed by atoms with Crippen molar-refractivity contribution in [1.82, 2.24) is 10.3 Å². The van der Waals surface area contributed by atoms with Gasteiger partial charge in [-0.1, -0.05) is 0 Å². The van der Waals surface area contributed by atoms with Crippen LogP contribution in [0.15, 0.2) is 29.4 Å². The molecule has 0 unspecified atom stereocenters. The lowest BCUT2D eigenvalue weighted by molar-refractivity contribution is -0.123. The van der Waals surface area contributed by atoms with Crippen LogP contribution in [0.1, 0.15) is 5.56 Å². The van der Waals surface area contributed by atoms with Crippen molar-refractivity contribution in [3.8, 4) is 5.75 Å². The first-order valence-corrected chi connectivity index (χ1v) is 7.26. The van der Waals surface area contributed by atoms with Crippen molar-refractivity contribution in [1.29, 1.82) is 0 Å². The molecule has 3 N–H and O–H groups in total. The third-order valence-electron chi connectivity index (χ3n) is 3.13. The lowest BCUT2D eigenvalue weighted by atomic mass is 10.2. The van der Waals surface area contributed by atoms with Gasteiger partial charge in [-0.05, 0) is 29.8 Å². The highest BCUT2D eigenvalue weighted by Gasteiger charge is 2.13. The molecule has 8 heteroatoms. The summed E-state index contributed by atoms with van der Waals surface area (Å²) in [5.74, 6) is -0.152. The highest BCUT2D eigenvalue weighted by Crippen LogP contribution is 2.10. The molecule has 1 aromatic carbocycles. The van der Waals surface area contributed by atoms with E-state index in [0.29, 0.717) is 25.5 Å². The Morgan fingerprint density at radius 3 is 2.65 bits per heavy atom. The van der Waals surface area contributed by atoms with E-state index in [0.717, 1.165) is 18.7 Å². The molecule has 124 valence electrons. The summed E-state index contributed by atoms with van der Waals surface area (Å²) < 4.78 is 10.4. The molecule has 8 nitrogen and oxygen atoms in total. The minimum absolute atomic E-state index is 0.162. The smallest absolute Gasteiger partial charge is 0.255 e. The van der Waals surface area contributed by atoms with Crippen molar-refractivity contribution in [2.75, 3.05) is 39.5 Å². The monoisotopic (exact) mass is 320 g/mol. The van der Waals surface area contributed by atoms with E-state index < -0.39 is 5.91 Å². The van der Waals surface area contributed by atoms with Gasteiger partial charge in [0.05, 0.1) is 26.0 Å². The number of hydrogen-bond acceptors (Lipinski definition) is 6. The van der Waals surface area contributed by atoms with Crippen LogP contribution in [-0.4, -0.2) is 62.4 Å². The molecule has 0 radical (unpaired) electrons. The molecule has 0 aliphatic carbocycles. The molecule has 1 aliphatic rings. The van der Waals surface area contributed by atoms with E-state index in [1.165, 1.54) is 6.21 Å². The fraction of sp³-hybridized carbons (Fsp3) is 0.400. The summed E-state index contributed by atoms with van der Waals surface area (Å²) >= 11 is 0. The van der Waals surface area contributed by atoms with Gasteiger partial charge in [-0.15, -0.1) is 0 Å². The van der Waals surface area contributed by atoms with Gasteiger partial charge in [-0.25, -0.2) is 5.43 Å². The fourth-order valence-corrected chi connectivity index (χ4v) is 1.98. The Hall–Kier alpha value is -2.45. The third-order valence-corrected chi connectivity index (χ3v) is 3.13. The van der Waals surface area contributed by atoms with Crippen LogP contribution in [0.5, 0.6) is 5.75 Å². The number of benzene rings is 1. The largest absolute Gasteiger partial charge is 0.484 e. The normalized spacial score (nSPS) is 15.5. The maximum atomic E-state index is 11.7. The number of rotatable bonds is 7. The first-order valence-electron chi connectivity index (χ1n) is 7.26. The van der Waals surface area contributed by atoms with Crippen molar-refractivity contribution in [3.05, 3.63) is 29.8 Å². The van der Waals surface area contributed by atoms with E-state index in [1.807, 2.05) is 4.90 Å². The van der Waals surface area contributed by atoms with E-state index in [1.54, 1.807) is 24.3 Å². The van der Waals surface area contributed by atoms with Crippen molar-refractivity contribution in [2.45, 2.75) is 0 Å². The molecule has 0 atom stereocenters. The number of ether oxygens (including phenoxy) is 2. The lowest BCUT2D eigenvalue weighted by Gasteiger charge is -2.25. The number of nitrogens with two attached hydrogens (primary N) is 1. The van der Waals surface area contributed by atoms with E-state index in [-0.39, 0.29) is 12.5 Å². The summed E-state index contributed by atoms with van der Waals surface area (Å²) in [5.41, 5.74) is 8.28. The molecule has 23 heavy (non-hydrogen) atoms. The zero-order valence-corrected chi connectivity index (χ0v) is 12.7. The second-order valence-corrected chi connectivity index (χ2v) is 5.01. The van der Waals surface area contributed by atoms with Gasteiger partial charge in [-0.2, -0.15) is 5.10 Å². The molecule has 0 aromatic heterocycles. The minimum Gasteiger partial charge on any atom is -0.484 e. The first kappa shape index (κ1) is 16.9. The molecule has 2 rings (SSSR count). The maximum absolute atomic E-state index is 11.7. The number of morpholine rings is 1. The molecule has 0 bridgehead atoms. The molecular weight excluding hydrogens is 300 g/mol. The zero-order chi connectivity index (χ0) is 16.5. The number of hydrazone groups is 1. The van der Waals surface area contributed by atoms with E-state index in [2.05, 4.69) is 10.5 Å². The van der Waals surface area contributed by atoms with Crippen LogP contribution in [0.3, 0.4) is 0 Å². The number of hydrogen-bond donors (Lipinski definition) is 2. The molecule has 2 amide bonds. The van der Waals surface area contributed by atoms with Gasteiger partial charge in [-0.3, -0.25) is 14.5 Å². The molecule has 0 spiro atoms. The molecular formula is C15H20N4O4. The molecule has 0 saturated carbocycles. The van der Waals surface area contributed by atoms with Gasteiger partial charge >= 0.3 is 0 Å². The summed E-state index contributed by atoms with van der Waals surface area (Å²) in [5, 5.41) is 3.91.